The number of rotatable bonds is 4. The molecule has 116 valence electrons. The zero-order chi connectivity index (χ0) is 16.2. The summed E-state index contributed by atoms with van der Waals surface area (Å²) in [6.07, 6.45) is 3.07. The first-order valence-electron chi connectivity index (χ1n) is 7.12. The fraction of sp³-hybridized carbons (Fsp3) is 0.118. The minimum Gasteiger partial charge on any atom is -0.348 e. The smallest absolute Gasteiger partial charge is 0.253 e. The second kappa shape index (κ2) is 6.39. The molecule has 0 saturated carbocycles. The predicted molar refractivity (Wildman–Crippen MR) is 83.7 cm³/mol. The van der Waals surface area contributed by atoms with Crippen LogP contribution in [-0.4, -0.2) is 20.7 Å². The summed E-state index contributed by atoms with van der Waals surface area (Å²) in [7, 11) is 0. The number of benzene rings is 2. The van der Waals surface area contributed by atoms with Crippen molar-refractivity contribution in [3.63, 3.8) is 0 Å². The lowest BCUT2D eigenvalue weighted by molar-refractivity contribution is 0.0951. The van der Waals surface area contributed by atoms with Crippen LogP contribution in [0.5, 0.6) is 0 Å². The van der Waals surface area contributed by atoms with Crippen molar-refractivity contribution in [2.45, 2.75) is 13.5 Å². The first kappa shape index (κ1) is 14.9. The molecular formula is C17H15FN4O. The average molecular weight is 310 g/mol. The maximum atomic E-state index is 13.3. The number of amides is 1. The largest absolute Gasteiger partial charge is 0.348 e. The van der Waals surface area contributed by atoms with E-state index >= 15 is 0 Å². The molecule has 1 aromatic heterocycles. The molecule has 5 nitrogen and oxygen atoms in total. The third kappa shape index (κ3) is 3.26. The van der Waals surface area contributed by atoms with Gasteiger partial charge in [0.25, 0.3) is 5.91 Å². The van der Waals surface area contributed by atoms with Crippen LogP contribution >= 0.6 is 0 Å². The highest BCUT2D eigenvalue weighted by molar-refractivity contribution is 5.97. The number of halogens is 1. The number of hydrogen-bond donors (Lipinski definition) is 1. The monoisotopic (exact) mass is 310 g/mol. The van der Waals surface area contributed by atoms with Gasteiger partial charge in [-0.2, -0.15) is 0 Å². The summed E-state index contributed by atoms with van der Waals surface area (Å²) < 4.78 is 14.9. The molecule has 0 spiro atoms. The average Bonchev–Trinajstić information content (AvgIpc) is 3.10. The van der Waals surface area contributed by atoms with E-state index in [2.05, 4.69) is 15.5 Å². The molecule has 6 heteroatoms. The van der Waals surface area contributed by atoms with Gasteiger partial charge in [-0.3, -0.25) is 9.36 Å². The molecule has 0 saturated heterocycles. The first-order chi connectivity index (χ1) is 11.1. The molecule has 0 aliphatic heterocycles. The second-order valence-corrected chi connectivity index (χ2v) is 5.15. The van der Waals surface area contributed by atoms with Crippen LogP contribution < -0.4 is 5.32 Å². The molecule has 0 aliphatic rings. The van der Waals surface area contributed by atoms with Gasteiger partial charge < -0.3 is 5.32 Å². The Balaban J connectivity index is 1.77. The van der Waals surface area contributed by atoms with Gasteiger partial charge in [-0.15, -0.1) is 10.2 Å². The Labute approximate surface area is 132 Å². The molecule has 2 aromatic carbocycles. The van der Waals surface area contributed by atoms with E-state index < -0.39 is 0 Å². The Morgan fingerprint density at radius 1 is 1.17 bits per heavy atom. The highest BCUT2D eigenvalue weighted by Crippen LogP contribution is 2.14. The fourth-order valence-electron chi connectivity index (χ4n) is 2.31. The number of aryl methyl sites for hydroxylation is 1. The van der Waals surface area contributed by atoms with Crippen molar-refractivity contribution in [2.24, 2.45) is 0 Å². The van der Waals surface area contributed by atoms with E-state index in [9.17, 15) is 9.18 Å². The topological polar surface area (TPSA) is 59.8 Å². The lowest BCUT2D eigenvalue weighted by atomic mass is 10.1. The van der Waals surface area contributed by atoms with Crippen molar-refractivity contribution in [1.82, 2.24) is 20.1 Å². The van der Waals surface area contributed by atoms with Crippen molar-refractivity contribution in [1.29, 1.82) is 0 Å². The van der Waals surface area contributed by atoms with Crippen molar-refractivity contribution in [2.75, 3.05) is 0 Å². The molecular weight excluding hydrogens is 295 g/mol. The fourth-order valence-corrected chi connectivity index (χ4v) is 2.31. The van der Waals surface area contributed by atoms with Crippen LogP contribution in [0.2, 0.25) is 0 Å². The van der Waals surface area contributed by atoms with Crippen LogP contribution in [0.3, 0.4) is 0 Å². The number of carbonyl (C=O) groups is 1. The van der Waals surface area contributed by atoms with Crippen LogP contribution in [0.1, 0.15) is 21.5 Å². The summed E-state index contributed by atoms with van der Waals surface area (Å²) >= 11 is 0. The highest BCUT2D eigenvalue weighted by atomic mass is 19.1. The Bertz CT molecular complexity index is 830. The number of aromatic nitrogens is 3. The van der Waals surface area contributed by atoms with Gasteiger partial charge in [0.1, 0.15) is 18.5 Å². The minimum atomic E-state index is -0.252. The van der Waals surface area contributed by atoms with Crippen LogP contribution in [-0.2, 0) is 6.54 Å². The molecule has 0 unspecified atom stereocenters. The van der Waals surface area contributed by atoms with Gasteiger partial charge >= 0.3 is 0 Å². The van der Waals surface area contributed by atoms with Gasteiger partial charge in [-0.1, -0.05) is 24.3 Å². The molecule has 3 rings (SSSR count). The Kier molecular flexibility index (Phi) is 4.14. The summed E-state index contributed by atoms with van der Waals surface area (Å²) in [6, 6.07) is 12.0. The van der Waals surface area contributed by atoms with Crippen molar-refractivity contribution in [3.05, 3.63) is 77.6 Å². The van der Waals surface area contributed by atoms with E-state index in [0.29, 0.717) is 23.4 Å². The van der Waals surface area contributed by atoms with Crippen molar-refractivity contribution in [3.8, 4) is 5.69 Å². The first-order valence-corrected chi connectivity index (χ1v) is 7.12. The van der Waals surface area contributed by atoms with Gasteiger partial charge in [-0.25, -0.2) is 4.39 Å². The van der Waals surface area contributed by atoms with Crippen LogP contribution in [0.4, 0.5) is 4.39 Å². The zero-order valence-corrected chi connectivity index (χ0v) is 12.5. The number of carbonyl (C=O) groups excluding carboxylic acids is 1. The van der Waals surface area contributed by atoms with Gasteiger partial charge in [0.2, 0.25) is 0 Å². The zero-order valence-electron chi connectivity index (χ0n) is 12.5. The number of nitrogens with one attached hydrogen (secondary N) is 1. The third-order valence-electron chi connectivity index (χ3n) is 3.52. The Morgan fingerprint density at radius 3 is 2.65 bits per heavy atom. The molecule has 23 heavy (non-hydrogen) atoms. The SMILES string of the molecule is Cc1cc(CNC(=O)c2ccccc2-n2cnnc2)ccc1F. The summed E-state index contributed by atoms with van der Waals surface area (Å²) in [5.74, 6) is -0.464. The van der Waals surface area contributed by atoms with Gasteiger partial charge in [-0.05, 0) is 36.2 Å². The minimum absolute atomic E-state index is 0.212. The van der Waals surface area contributed by atoms with Gasteiger partial charge in [0.05, 0.1) is 11.3 Å². The Morgan fingerprint density at radius 2 is 1.91 bits per heavy atom. The second-order valence-electron chi connectivity index (χ2n) is 5.15. The van der Waals surface area contributed by atoms with Gasteiger partial charge in [0.15, 0.2) is 0 Å². The van der Waals surface area contributed by atoms with E-state index in [-0.39, 0.29) is 11.7 Å². The van der Waals surface area contributed by atoms with E-state index in [4.69, 9.17) is 0 Å². The normalized spacial score (nSPS) is 10.5. The summed E-state index contributed by atoms with van der Waals surface area (Å²) in [4.78, 5) is 12.4. The van der Waals surface area contributed by atoms with E-state index in [1.165, 1.54) is 18.7 Å². The number of para-hydroxylation sites is 1. The lowest BCUT2D eigenvalue weighted by Gasteiger charge is -2.10. The maximum Gasteiger partial charge on any atom is 0.253 e. The van der Waals surface area contributed by atoms with E-state index in [1.54, 1.807) is 35.8 Å². The third-order valence-corrected chi connectivity index (χ3v) is 3.52. The molecule has 1 heterocycles. The quantitative estimate of drug-likeness (QED) is 0.806. The molecule has 0 bridgehead atoms. The van der Waals surface area contributed by atoms with Crippen molar-refractivity contribution >= 4 is 5.91 Å². The van der Waals surface area contributed by atoms with Crippen LogP contribution in [0.25, 0.3) is 5.69 Å². The molecule has 0 atom stereocenters. The standard InChI is InChI=1S/C17H15FN4O/c1-12-8-13(6-7-15(12)18)9-19-17(23)14-4-2-3-5-16(14)22-10-20-21-11-22/h2-8,10-11H,9H2,1H3,(H,19,23). The Hall–Kier alpha value is -3.02. The summed E-state index contributed by atoms with van der Waals surface area (Å²) in [5, 5.41) is 10.4. The van der Waals surface area contributed by atoms with Crippen molar-refractivity contribution < 1.29 is 9.18 Å². The van der Waals surface area contributed by atoms with Crippen LogP contribution in [0.15, 0.2) is 55.1 Å². The number of nitrogens with zero attached hydrogens (tertiary/aromatic N) is 3. The van der Waals surface area contributed by atoms with E-state index in [0.717, 1.165) is 5.56 Å². The molecule has 3 aromatic rings. The maximum absolute atomic E-state index is 13.3. The molecule has 0 radical (unpaired) electrons. The van der Waals surface area contributed by atoms with E-state index in [1.807, 2.05) is 12.1 Å². The summed E-state index contributed by atoms with van der Waals surface area (Å²) in [5.41, 5.74) is 2.62. The van der Waals surface area contributed by atoms with Crippen LogP contribution in [0, 0.1) is 12.7 Å². The molecule has 0 aliphatic carbocycles. The lowest BCUT2D eigenvalue weighted by Crippen LogP contribution is -2.24. The van der Waals surface area contributed by atoms with Gasteiger partial charge in [0, 0.05) is 6.54 Å². The molecule has 1 amide bonds. The molecule has 1 N–H and O–H groups in total. The predicted octanol–water partition coefficient (Wildman–Crippen LogP) is 2.64. The molecule has 0 fully saturated rings. The summed E-state index contributed by atoms with van der Waals surface area (Å²) in [6.45, 7) is 2.03. The number of hydrogen-bond acceptors (Lipinski definition) is 3. The highest BCUT2D eigenvalue weighted by Gasteiger charge is 2.12.